The lowest BCUT2D eigenvalue weighted by Gasteiger charge is -2.31. The number of hydrazine groups is 1. The molecule has 0 fully saturated rings. The Hall–Kier alpha value is -2.17. The molecular weight excluding hydrogens is 240 g/mol. The summed E-state index contributed by atoms with van der Waals surface area (Å²) in [4.78, 5) is 12.3. The van der Waals surface area contributed by atoms with Gasteiger partial charge in [-0.25, -0.2) is 5.84 Å². The Morgan fingerprint density at radius 2 is 1.42 bits per heavy atom. The minimum atomic E-state index is -1.24. The third-order valence-electron chi connectivity index (χ3n) is 3.12. The normalized spacial score (nSPS) is 11.1. The van der Waals surface area contributed by atoms with Crippen LogP contribution >= 0.6 is 0 Å². The number of carbonyl (C=O) groups excluding carboxylic acids is 1. The summed E-state index contributed by atoms with van der Waals surface area (Å²) in [5.41, 5.74) is 2.41. The van der Waals surface area contributed by atoms with Gasteiger partial charge in [0.25, 0.3) is 5.91 Å². The molecule has 0 aliphatic heterocycles. The van der Waals surface area contributed by atoms with Gasteiger partial charge < -0.3 is 4.74 Å². The van der Waals surface area contributed by atoms with Crippen LogP contribution in [0.3, 0.4) is 0 Å². The van der Waals surface area contributed by atoms with Crippen LogP contribution in [0.15, 0.2) is 60.7 Å². The fourth-order valence-corrected chi connectivity index (χ4v) is 2.20. The van der Waals surface area contributed by atoms with E-state index < -0.39 is 11.5 Å². The Kier molecular flexibility index (Phi) is 3.94. The van der Waals surface area contributed by atoms with Gasteiger partial charge >= 0.3 is 0 Å². The van der Waals surface area contributed by atoms with Gasteiger partial charge in [-0.15, -0.1) is 0 Å². The SMILES string of the molecule is COC(C(=O)NN)(c1ccccc1)c1ccccc1. The molecule has 0 saturated heterocycles. The lowest BCUT2D eigenvalue weighted by Crippen LogP contribution is -2.49. The van der Waals surface area contributed by atoms with E-state index in [0.29, 0.717) is 0 Å². The molecule has 2 aromatic rings. The Balaban J connectivity index is 2.66. The average Bonchev–Trinajstić information content (AvgIpc) is 2.50. The monoisotopic (exact) mass is 256 g/mol. The van der Waals surface area contributed by atoms with Crippen molar-refractivity contribution in [1.82, 2.24) is 5.43 Å². The Morgan fingerprint density at radius 1 is 1.00 bits per heavy atom. The smallest absolute Gasteiger partial charge is 0.275 e. The quantitative estimate of drug-likeness (QED) is 0.496. The van der Waals surface area contributed by atoms with Crippen molar-refractivity contribution in [2.75, 3.05) is 7.11 Å². The van der Waals surface area contributed by atoms with Gasteiger partial charge in [-0.1, -0.05) is 60.7 Å². The minimum absolute atomic E-state index is 0.410. The number of methoxy groups -OCH3 is 1. The Bertz CT molecular complexity index is 501. The van der Waals surface area contributed by atoms with Crippen LogP contribution in [0.2, 0.25) is 0 Å². The van der Waals surface area contributed by atoms with Crippen LogP contribution < -0.4 is 11.3 Å². The van der Waals surface area contributed by atoms with Crippen molar-refractivity contribution in [2.24, 2.45) is 5.84 Å². The second-order valence-electron chi connectivity index (χ2n) is 4.09. The molecule has 0 atom stereocenters. The average molecular weight is 256 g/mol. The van der Waals surface area contributed by atoms with Crippen molar-refractivity contribution < 1.29 is 9.53 Å². The fraction of sp³-hybridized carbons (Fsp3) is 0.133. The minimum Gasteiger partial charge on any atom is -0.359 e. The maximum atomic E-state index is 12.3. The number of nitrogens with two attached hydrogens (primary N) is 1. The van der Waals surface area contributed by atoms with Crippen LogP contribution in [-0.2, 0) is 15.1 Å². The first-order valence-electron chi connectivity index (χ1n) is 5.93. The summed E-state index contributed by atoms with van der Waals surface area (Å²) in [7, 11) is 1.50. The van der Waals surface area contributed by atoms with E-state index in [1.165, 1.54) is 7.11 Å². The first kappa shape index (κ1) is 13.3. The van der Waals surface area contributed by atoms with Gasteiger partial charge in [0.15, 0.2) is 5.60 Å². The molecule has 0 aromatic heterocycles. The standard InChI is InChI=1S/C15H16N2O2/c1-19-15(14(18)17-16,12-8-4-2-5-9-12)13-10-6-3-7-11-13/h2-11H,16H2,1H3,(H,17,18). The van der Waals surface area contributed by atoms with Crippen LogP contribution in [-0.4, -0.2) is 13.0 Å². The summed E-state index contributed by atoms with van der Waals surface area (Å²) in [6, 6.07) is 18.6. The van der Waals surface area contributed by atoms with E-state index in [1.54, 1.807) is 0 Å². The molecule has 0 heterocycles. The van der Waals surface area contributed by atoms with E-state index in [1.807, 2.05) is 60.7 Å². The van der Waals surface area contributed by atoms with Gasteiger partial charge in [-0.05, 0) is 11.1 Å². The molecule has 0 spiro atoms. The third-order valence-corrected chi connectivity index (χ3v) is 3.12. The highest BCUT2D eigenvalue weighted by molar-refractivity contribution is 5.90. The molecule has 0 aliphatic rings. The molecule has 0 bridgehead atoms. The van der Waals surface area contributed by atoms with Crippen molar-refractivity contribution in [3.8, 4) is 0 Å². The number of nitrogens with one attached hydrogen (secondary N) is 1. The molecule has 4 heteroatoms. The Morgan fingerprint density at radius 3 is 1.74 bits per heavy atom. The Labute approximate surface area is 112 Å². The lowest BCUT2D eigenvalue weighted by atomic mass is 9.85. The van der Waals surface area contributed by atoms with E-state index in [-0.39, 0.29) is 0 Å². The maximum absolute atomic E-state index is 12.3. The second kappa shape index (κ2) is 5.65. The van der Waals surface area contributed by atoms with Gasteiger partial charge in [0.05, 0.1) is 0 Å². The lowest BCUT2D eigenvalue weighted by molar-refractivity contribution is -0.139. The molecule has 3 N–H and O–H groups in total. The van der Waals surface area contributed by atoms with Crippen LogP contribution in [0.4, 0.5) is 0 Å². The van der Waals surface area contributed by atoms with Crippen molar-refractivity contribution in [3.63, 3.8) is 0 Å². The van der Waals surface area contributed by atoms with Crippen molar-refractivity contribution in [3.05, 3.63) is 71.8 Å². The van der Waals surface area contributed by atoms with Crippen LogP contribution in [0, 0.1) is 0 Å². The van der Waals surface area contributed by atoms with Gasteiger partial charge in [0, 0.05) is 7.11 Å². The summed E-state index contributed by atoms with van der Waals surface area (Å²) in [5.74, 6) is 4.92. The topological polar surface area (TPSA) is 64.3 Å². The number of benzene rings is 2. The molecule has 19 heavy (non-hydrogen) atoms. The van der Waals surface area contributed by atoms with E-state index in [4.69, 9.17) is 10.6 Å². The number of hydrogen-bond acceptors (Lipinski definition) is 3. The van der Waals surface area contributed by atoms with E-state index in [2.05, 4.69) is 5.43 Å². The molecular formula is C15H16N2O2. The molecule has 98 valence electrons. The third kappa shape index (κ3) is 2.23. The number of rotatable bonds is 4. The van der Waals surface area contributed by atoms with Crippen LogP contribution in [0.5, 0.6) is 0 Å². The highest BCUT2D eigenvalue weighted by Crippen LogP contribution is 2.33. The van der Waals surface area contributed by atoms with E-state index in [0.717, 1.165) is 11.1 Å². The molecule has 4 nitrogen and oxygen atoms in total. The maximum Gasteiger partial charge on any atom is 0.275 e. The molecule has 0 saturated carbocycles. The molecule has 0 unspecified atom stereocenters. The highest BCUT2D eigenvalue weighted by atomic mass is 16.5. The van der Waals surface area contributed by atoms with Gasteiger partial charge in [-0.2, -0.15) is 0 Å². The number of carbonyl (C=O) groups is 1. The van der Waals surface area contributed by atoms with Crippen molar-refractivity contribution in [1.29, 1.82) is 0 Å². The van der Waals surface area contributed by atoms with Gasteiger partial charge in [0.1, 0.15) is 0 Å². The predicted octanol–water partition coefficient (Wildman–Crippen LogP) is 1.57. The zero-order chi connectivity index (χ0) is 13.7. The summed E-state index contributed by atoms with van der Waals surface area (Å²) in [5, 5.41) is 0. The summed E-state index contributed by atoms with van der Waals surface area (Å²) >= 11 is 0. The molecule has 2 rings (SSSR count). The van der Waals surface area contributed by atoms with Crippen molar-refractivity contribution in [2.45, 2.75) is 5.60 Å². The highest BCUT2D eigenvalue weighted by Gasteiger charge is 2.41. The van der Waals surface area contributed by atoms with E-state index in [9.17, 15) is 4.79 Å². The molecule has 2 aromatic carbocycles. The molecule has 0 aliphatic carbocycles. The number of hydrogen-bond donors (Lipinski definition) is 2. The molecule has 0 radical (unpaired) electrons. The first-order valence-corrected chi connectivity index (χ1v) is 5.93. The summed E-state index contributed by atoms with van der Waals surface area (Å²) in [6.07, 6.45) is 0. The van der Waals surface area contributed by atoms with Gasteiger partial charge in [0.2, 0.25) is 0 Å². The number of ether oxygens (including phenoxy) is 1. The molecule has 1 amide bonds. The van der Waals surface area contributed by atoms with E-state index >= 15 is 0 Å². The zero-order valence-electron chi connectivity index (χ0n) is 10.7. The van der Waals surface area contributed by atoms with Crippen LogP contribution in [0.25, 0.3) is 0 Å². The van der Waals surface area contributed by atoms with Crippen molar-refractivity contribution >= 4 is 5.91 Å². The predicted molar refractivity (Wildman–Crippen MR) is 73.0 cm³/mol. The summed E-state index contributed by atoms with van der Waals surface area (Å²) < 4.78 is 5.57. The van der Waals surface area contributed by atoms with Gasteiger partial charge in [-0.3, -0.25) is 10.2 Å². The fourth-order valence-electron chi connectivity index (χ4n) is 2.20. The van der Waals surface area contributed by atoms with Crippen LogP contribution in [0.1, 0.15) is 11.1 Å². The first-order chi connectivity index (χ1) is 9.25. The number of amides is 1. The zero-order valence-corrected chi connectivity index (χ0v) is 10.7. The summed E-state index contributed by atoms with van der Waals surface area (Å²) in [6.45, 7) is 0. The largest absolute Gasteiger partial charge is 0.359 e. The second-order valence-corrected chi connectivity index (χ2v) is 4.09.